The molecule has 1 aliphatic rings. The van der Waals surface area contributed by atoms with Crippen molar-refractivity contribution in [2.24, 2.45) is 0 Å². The lowest BCUT2D eigenvalue weighted by Gasteiger charge is -2.31. The third-order valence-corrected chi connectivity index (χ3v) is 3.97. The number of halogens is 3. The van der Waals surface area contributed by atoms with Gasteiger partial charge >= 0.3 is 0 Å². The van der Waals surface area contributed by atoms with Gasteiger partial charge in [0.1, 0.15) is 5.82 Å². The number of oxazole rings is 1. The van der Waals surface area contributed by atoms with E-state index in [9.17, 15) is 4.39 Å². The molecule has 1 aromatic carbocycles. The second kappa shape index (κ2) is 9.23. The van der Waals surface area contributed by atoms with E-state index in [0.29, 0.717) is 29.8 Å². The molecule has 1 aliphatic heterocycles. The van der Waals surface area contributed by atoms with Crippen molar-refractivity contribution in [1.29, 1.82) is 0 Å². The number of rotatable bonds is 4. The van der Waals surface area contributed by atoms with Crippen molar-refractivity contribution in [3.63, 3.8) is 0 Å². The number of hydrogen-bond donors (Lipinski definition) is 1. The van der Waals surface area contributed by atoms with Gasteiger partial charge in [-0.25, -0.2) is 9.37 Å². The summed E-state index contributed by atoms with van der Waals surface area (Å²) < 4.78 is 19.4. The van der Waals surface area contributed by atoms with Crippen LogP contribution in [0.15, 0.2) is 34.9 Å². The lowest BCUT2D eigenvalue weighted by Crippen LogP contribution is -2.43. The third-order valence-electron chi connectivity index (χ3n) is 3.97. The summed E-state index contributed by atoms with van der Waals surface area (Å²) in [6, 6.07) is 7.13. The van der Waals surface area contributed by atoms with Crippen LogP contribution in [0.1, 0.15) is 18.7 Å². The van der Waals surface area contributed by atoms with Crippen molar-refractivity contribution in [1.82, 2.24) is 15.2 Å². The van der Waals surface area contributed by atoms with E-state index in [2.05, 4.69) is 15.2 Å². The first kappa shape index (κ1) is 19.9. The molecule has 128 valence electrons. The Morgan fingerprint density at radius 1 is 1.35 bits per heavy atom. The van der Waals surface area contributed by atoms with Crippen LogP contribution in [-0.2, 0) is 6.54 Å². The van der Waals surface area contributed by atoms with Gasteiger partial charge in [-0.2, -0.15) is 0 Å². The number of nitrogens with zero attached hydrogens (tertiary/aromatic N) is 2. The third kappa shape index (κ3) is 4.91. The highest BCUT2D eigenvalue weighted by Crippen LogP contribution is 2.24. The highest BCUT2D eigenvalue weighted by molar-refractivity contribution is 5.85. The van der Waals surface area contributed by atoms with E-state index in [1.54, 1.807) is 24.4 Å². The maximum Gasteiger partial charge on any atom is 0.209 e. The minimum absolute atomic E-state index is 0. The summed E-state index contributed by atoms with van der Waals surface area (Å²) >= 11 is 0. The molecule has 1 unspecified atom stereocenters. The second-order valence-corrected chi connectivity index (χ2v) is 5.46. The summed E-state index contributed by atoms with van der Waals surface area (Å²) in [7, 11) is 2.00. The van der Waals surface area contributed by atoms with Crippen LogP contribution < -0.4 is 5.32 Å². The number of nitrogens with one attached hydrogen (secondary N) is 1. The summed E-state index contributed by atoms with van der Waals surface area (Å²) in [4.78, 5) is 6.60. The molecule has 0 spiro atoms. The smallest absolute Gasteiger partial charge is 0.209 e. The lowest BCUT2D eigenvalue weighted by atomic mass is 10.1. The molecule has 0 saturated carbocycles. The van der Waals surface area contributed by atoms with Gasteiger partial charge in [-0.3, -0.25) is 4.90 Å². The number of likely N-dealkylation sites (tertiary alicyclic amines) is 1. The number of hydrogen-bond acceptors (Lipinski definition) is 4. The Balaban J connectivity index is 0.00000132. The SMILES string of the molecule is CNC1CCCN(Cc2ncc(-c3ccccc3F)o2)C1.Cl.Cl. The van der Waals surface area contributed by atoms with Gasteiger partial charge < -0.3 is 9.73 Å². The molecule has 0 radical (unpaired) electrons. The highest BCUT2D eigenvalue weighted by Gasteiger charge is 2.20. The molecule has 1 atom stereocenters. The summed E-state index contributed by atoms with van der Waals surface area (Å²) in [5.41, 5.74) is 0.461. The zero-order chi connectivity index (χ0) is 14.7. The van der Waals surface area contributed by atoms with E-state index in [1.165, 1.54) is 18.9 Å². The molecule has 0 bridgehead atoms. The molecule has 0 amide bonds. The van der Waals surface area contributed by atoms with E-state index in [4.69, 9.17) is 4.42 Å². The van der Waals surface area contributed by atoms with E-state index in [-0.39, 0.29) is 30.6 Å². The molecule has 23 heavy (non-hydrogen) atoms. The maximum absolute atomic E-state index is 13.7. The monoisotopic (exact) mass is 361 g/mol. The van der Waals surface area contributed by atoms with Crippen LogP contribution in [-0.4, -0.2) is 36.1 Å². The molecular formula is C16H22Cl2FN3O. The number of likely N-dealkylation sites (N-methyl/N-ethyl adjacent to an activating group) is 1. The lowest BCUT2D eigenvalue weighted by molar-refractivity contribution is 0.173. The Labute approximate surface area is 148 Å². The van der Waals surface area contributed by atoms with Gasteiger partial charge in [-0.15, -0.1) is 24.8 Å². The number of piperidine rings is 1. The fourth-order valence-corrected chi connectivity index (χ4v) is 2.79. The average Bonchev–Trinajstić information content (AvgIpc) is 2.96. The van der Waals surface area contributed by atoms with Crippen LogP contribution in [0.3, 0.4) is 0 Å². The van der Waals surface area contributed by atoms with Gasteiger partial charge in [0.15, 0.2) is 5.76 Å². The molecule has 1 aromatic heterocycles. The fraction of sp³-hybridized carbons (Fsp3) is 0.438. The van der Waals surface area contributed by atoms with Crippen LogP contribution in [0, 0.1) is 5.82 Å². The normalized spacial score (nSPS) is 18.1. The van der Waals surface area contributed by atoms with Crippen LogP contribution in [0.5, 0.6) is 0 Å². The predicted molar refractivity (Wildman–Crippen MR) is 93.8 cm³/mol. The van der Waals surface area contributed by atoms with E-state index in [0.717, 1.165) is 13.1 Å². The summed E-state index contributed by atoms with van der Waals surface area (Å²) in [6.07, 6.45) is 3.98. The predicted octanol–water partition coefficient (Wildman–Crippen LogP) is 3.51. The molecule has 1 N–H and O–H groups in total. The Hall–Kier alpha value is -1.14. The van der Waals surface area contributed by atoms with Crippen LogP contribution in [0.4, 0.5) is 4.39 Å². The Morgan fingerprint density at radius 2 is 2.13 bits per heavy atom. The summed E-state index contributed by atoms with van der Waals surface area (Å²) in [6.45, 7) is 2.72. The maximum atomic E-state index is 13.7. The van der Waals surface area contributed by atoms with Gasteiger partial charge in [0.2, 0.25) is 5.89 Å². The van der Waals surface area contributed by atoms with E-state index >= 15 is 0 Å². The minimum atomic E-state index is -0.284. The van der Waals surface area contributed by atoms with Crippen molar-refractivity contribution in [3.8, 4) is 11.3 Å². The standard InChI is InChI=1S/C16H20FN3O.2ClH/c1-18-12-5-4-8-20(10-12)11-16-19-9-15(21-16)13-6-2-3-7-14(13)17;;/h2-3,6-7,9,12,18H,4-5,8,10-11H2,1H3;2*1H. The molecular weight excluding hydrogens is 340 g/mol. The van der Waals surface area contributed by atoms with Crippen LogP contribution in [0.2, 0.25) is 0 Å². The molecule has 7 heteroatoms. The van der Waals surface area contributed by atoms with Gasteiger partial charge in [0.05, 0.1) is 18.3 Å². The van der Waals surface area contributed by atoms with Crippen LogP contribution >= 0.6 is 24.8 Å². The average molecular weight is 362 g/mol. The van der Waals surface area contributed by atoms with Crippen molar-refractivity contribution >= 4 is 24.8 Å². The summed E-state index contributed by atoms with van der Waals surface area (Å²) in [5.74, 6) is 0.851. The quantitative estimate of drug-likeness (QED) is 0.904. The molecule has 4 nitrogen and oxygen atoms in total. The molecule has 1 fully saturated rings. The number of benzene rings is 1. The first-order chi connectivity index (χ1) is 10.3. The van der Waals surface area contributed by atoms with E-state index in [1.807, 2.05) is 7.05 Å². The van der Waals surface area contributed by atoms with Crippen molar-refractivity contribution in [2.45, 2.75) is 25.4 Å². The van der Waals surface area contributed by atoms with Crippen molar-refractivity contribution in [3.05, 3.63) is 42.2 Å². The molecule has 0 aliphatic carbocycles. The molecule has 3 rings (SSSR count). The zero-order valence-corrected chi connectivity index (χ0v) is 14.6. The largest absolute Gasteiger partial charge is 0.439 e. The molecule has 2 heterocycles. The fourth-order valence-electron chi connectivity index (χ4n) is 2.79. The number of aromatic nitrogens is 1. The minimum Gasteiger partial charge on any atom is -0.439 e. The molecule has 1 saturated heterocycles. The highest BCUT2D eigenvalue weighted by atomic mass is 35.5. The Kier molecular flexibility index (Phi) is 7.99. The Morgan fingerprint density at radius 3 is 2.87 bits per heavy atom. The van der Waals surface area contributed by atoms with Crippen LogP contribution in [0.25, 0.3) is 11.3 Å². The zero-order valence-electron chi connectivity index (χ0n) is 13.0. The van der Waals surface area contributed by atoms with Gasteiger partial charge in [0, 0.05) is 12.6 Å². The molecule has 2 aromatic rings. The van der Waals surface area contributed by atoms with Gasteiger partial charge in [-0.05, 0) is 38.6 Å². The van der Waals surface area contributed by atoms with E-state index < -0.39 is 0 Å². The van der Waals surface area contributed by atoms with Crippen molar-refractivity contribution < 1.29 is 8.81 Å². The summed E-state index contributed by atoms with van der Waals surface area (Å²) in [5, 5.41) is 3.32. The Bertz CT molecular complexity index is 609. The first-order valence-electron chi connectivity index (χ1n) is 7.35. The first-order valence-corrected chi connectivity index (χ1v) is 7.35. The van der Waals surface area contributed by atoms with Gasteiger partial charge in [0.25, 0.3) is 0 Å². The van der Waals surface area contributed by atoms with Crippen molar-refractivity contribution in [2.75, 3.05) is 20.1 Å². The second-order valence-electron chi connectivity index (χ2n) is 5.46. The topological polar surface area (TPSA) is 41.3 Å². The van der Waals surface area contributed by atoms with Gasteiger partial charge in [-0.1, -0.05) is 12.1 Å².